The van der Waals surface area contributed by atoms with Gasteiger partial charge in [0.25, 0.3) is 0 Å². The number of nitrogens with zero attached hydrogens (tertiary/aromatic N) is 1. The molecule has 1 heterocycles. The van der Waals surface area contributed by atoms with Gasteiger partial charge >= 0.3 is 0 Å². The molecule has 1 aromatic rings. The zero-order valence-corrected chi connectivity index (χ0v) is 14.7. The van der Waals surface area contributed by atoms with Crippen LogP contribution in [0, 0.1) is 6.92 Å². The number of benzene rings is 1. The first kappa shape index (κ1) is 17.9. The van der Waals surface area contributed by atoms with Crippen LogP contribution in [0.5, 0.6) is 0 Å². The summed E-state index contributed by atoms with van der Waals surface area (Å²) in [5.41, 5.74) is 0.586. The second kappa shape index (κ2) is 6.58. The number of carbonyl (C=O) groups is 1. The van der Waals surface area contributed by atoms with E-state index < -0.39 is 38.4 Å². The highest BCUT2D eigenvalue weighted by Gasteiger charge is 2.33. The van der Waals surface area contributed by atoms with Crippen LogP contribution in [0.1, 0.15) is 12.0 Å². The predicted molar refractivity (Wildman–Crippen MR) is 86.2 cm³/mol. The average molecular weight is 360 g/mol. The molecule has 1 aliphatic rings. The minimum absolute atomic E-state index is 0.0597. The molecule has 1 saturated heterocycles. The molecule has 1 amide bonds. The number of sulfonamides is 1. The van der Waals surface area contributed by atoms with Crippen molar-refractivity contribution >= 4 is 25.8 Å². The van der Waals surface area contributed by atoms with Gasteiger partial charge in [-0.25, -0.2) is 21.6 Å². The van der Waals surface area contributed by atoms with Gasteiger partial charge in [-0.15, -0.1) is 0 Å². The van der Waals surface area contributed by atoms with E-state index in [4.69, 9.17) is 0 Å². The van der Waals surface area contributed by atoms with Crippen molar-refractivity contribution in [3.63, 3.8) is 0 Å². The van der Waals surface area contributed by atoms with Crippen LogP contribution in [-0.4, -0.2) is 58.8 Å². The largest absolute Gasteiger partial charge is 0.341 e. The maximum Gasteiger partial charge on any atom is 0.241 e. The monoisotopic (exact) mass is 360 g/mol. The van der Waals surface area contributed by atoms with Gasteiger partial charge in [-0.05, 0) is 25.0 Å². The number of carbonyl (C=O) groups excluding carboxylic acids is 1. The van der Waals surface area contributed by atoms with E-state index >= 15 is 0 Å². The molecule has 128 valence electrons. The molecule has 0 aliphatic carbocycles. The summed E-state index contributed by atoms with van der Waals surface area (Å²) < 4.78 is 49.6. The summed E-state index contributed by atoms with van der Waals surface area (Å²) in [5, 5.41) is 0. The number of amides is 1. The Morgan fingerprint density at radius 1 is 1.35 bits per heavy atom. The Balaban J connectivity index is 2.00. The van der Waals surface area contributed by atoms with Crippen LogP contribution >= 0.6 is 0 Å². The molecular formula is C14H20N2O5S2. The highest BCUT2D eigenvalue weighted by molar-refractivity contribution is 7.91. The Kier molecular flexibility index (Phi) is 5.12. The van der Waals surface area contributed by atoms with Crippen molar-refractivity contribution in [1.29, 1.82) is 0 Å². The van der Waals surface area contributed by atoms with Crippen molar-refractivity contribution < 1.29 is 21.6 Å². The number of sulfone groups is 1. The highest BCUT2D eigenvalue weighted by atomic mass is 32.2. The Morgan fingerprint density at radius 2 is 2.00 bits per heavy atom. The second-order valence-corrected chi connectivity index (χ2v) is 9.62. The van der Waals surface area contributed by atoms with Gasteiger partial charge in [0.15, 0.2) is 9.84 Å². The van der Waals surface area contributed by atoms with Crippen molar-refractivity contribution in [2.24, 2.45) is 0 Å². The van der Waals surface area contributed by atoms with Gasteiger partial charge in [-0.1, -0.05) is 18.2 Å². The second-order valence-electron chi connectivity index (χ2n) is 5.65. The van der Waals surface area contributed by atoms with Crippen LogP contribution in [-0.2, 0) is 24.7 Å². The van der Waals surface area contributed by atoms with Crippen LogP contribution in [0.25, 0.3) is 0 Å². The summed E-state index contributed by atoms with van der Waals surface area (Å²) in [5.74, 6) is -0.464. The van der Waals surface area contributed by atoms with Gasteiger partial charge < -0.3 is 4.90 Å². The number of aryl methyl sites for hydroxylation is 1. The number of nitrogens with one attached hydrogen (secondary N) is 1. The van der Waals surface area contributed by atoms with E-state index in [0.29, 0.717) is 12.0 Å². The summed E-state index contributed by atoms with van der Waals surface area (Å²) in [6.07, 6.45) is 0.384. The SMILES string of the molecule is Cc1ccccc1S(=O)(=O)NCC(=O)N(C)C1CCS(=O)(=O)C1. The molecule has 0 radical (unpaired) electrons. The molecule has 9 heteroatoms. The highest BCUT2D eigenvalue weighted by Crippen LogP contribution is 2.17. The van der Waals surface area contributed by atoms with Gasteiger partial charge in [0.1, 0.15) is 0 Å². The third kappa shape index (κ3) is 4.30. The summed E-state index contributed by atoms with van der Waals surface area (Å²) in [4.78, 5) is 13.5. The average Bonchev–Trinajstić information content (AvgIpc) is 2.84. The van der Waals surface area contributed by atoms with Crippen LogP contribution in [0.4, 0.5) is 0 Å². The van der Waals surface area contributed by atoms with E-state index in [0.717, 1.165) is 0 Å². The standard InChI is InChI=1S/C14H20N2O5S2/c1-11-5-3-4-6-13(11)23(20,21)15-9-14(17)16(2)12-7-8-22(18,19)10-12/h3-6,12,15H,7-10H2,1-2H3. The van der Waals surface area contributed by atoms with E-state index in [1.165, 1.54) is 18.0 Å². The fraction of sp³-hybridized carbons (Fsp3) is 0.500. The third-order valence-corrected chi connectivity index (χ3v) is 7.26. The Morgan fingerprint density at radius 3 is 2.57 bits per heavy atom. The lowest BCUT2D eigenvalue weighted by atomic mass is 10.2. The number of rotatable bonds is 5. The van der Waals surface area contributed by atoms with E-state index in [-0.39, 0.29) is 16.4 Å². The molecule has 1 aliphatic heterocycles. The first-order chi connectivity index (χ1) is 10.6. The number of hydrogen-bond acceptors (Lipinski definition) is 5. The third-order valence-electron chi connectivity index (χ3n) is 3.95. The van der Waals surface area contributed by atoms with E-state index in [2.05, 4.69) is 4.72 Å². The Hall–Kier alpha value is -1.45. The van der Waals surface area contributed by atoms with Gasteiger partial charge in [0.05, 0.1) is 22.9 Å². The van der Waals surface area contributed by atoms with Gasteiger partial charge in [-0.2, -0.15) is 0 Å². The molecule has 0 saturated carbocycles. The molecule has 7 nitrogen and oxygen atoms in total. The van der Waals surface area contributed by atoms with E-state index in [9.17, 15) is 21.6 Å². The van der Waals surface area contributed by atoms with Gasteiger partial charge in [0.2, 0.25) is 15.9 Å². The smallest absolute Gasteiger partial charge is 0.241 e. The summed E-state index contributed by atoms with van der Waals surface area (Å²) in [7, 11) is -5.38. The van der Waals surface area contributed by atoms with E-state index in [1.807, 2.05) is 0 Å². The topological polar surface area (TPSA) is 101 Å². The normalized spacial score (nSPS) is 20.3. The Bertz CT molecular complexity index is 802. The minimum atomic E-state index is -3.78. The molecule has 0 aromatic heterocycles. The minimum Gasteiger partial charge on any atom is -0.341 e. The van der Waals surface area contributed by atoms with Crippen molar-refractivity contribution in [2.75, 3.05) is 25.1 Å². The zero-order chi connectivity index (χ0) is 17.3. The Labute approximate surface area is 136 Å². The van der Waals surface area contributed by atoms with Gasteiger partial charge in [-0.3, -0.25) is 4.79 Å². The van der Waals surface area contributed by atoms with Crippen molar-refractivity contribution in [3.8, 4) is 0 Å². The molecule has 1 atom stereocenters. The zero-order valence-electron chi connectivity index (χ0n) is 13.0. The first-order valence-corrected chi connectivity index (χ1v) is 10.4. The number of hydrogen-bond donors (Lipinski definition) is 1. The van der Waals surface area contributed by atoms with Crippen LogP contribution < -0.4 is 4.72 Å². The molecule has 2 rings (SSSR count). The summed E-state index contributed by atoms with van der Waals surface area (Å²) in [6, 6.07) is 6.09. The maximum atomic E-state index is 12.2. The molecule has 0 spiro atoms. The lowest BCUT2D eigenvalue weighted by Gasteiger charge is -2.23. The predicted octanol–water partition coefficient (Wildman–Crippen LogP) is -0.0812. The first-order valence-electron chi connectivity index (χ1n) is 7.14. The summed E-state index contributed by atoms with van der Waals surface area (Å²) >= 11 is 0. The van der Waals surface area contributed by atoms with E-state index in [1.54, 1.807) is 25.1 Å². The molecule has 23 heavy (non-hydrogen) atoms. The van der Waals surface area contributed by atoms with Gasteiger partial charge in [0, 0.05) is 13.1 Å². The quantitative estimate of drug-likeness (QED) is 0.791. The summed E-state index contributed by atoms with van der Waals surface area (Å²) in [6.45, 7) is 1.27. The van der Waals surface area contributed by atoms with Crippen molar-refractivity contribution in [2.45, 2.75) is 24.3 Å². The molecule has 1 unspecified atom stereocenters. The van der Waals surface area contributed by atoms with Crippen LogP contribution in [0.3, 0.4) is 0 Å². The van der Waals surface area contributed by atoms with Crippen molar-refractivity contribution in [1.82, 2.24) is 9.62 Å². The van der Waals surface area contributed by atoms with Crippen molar-refractivity contribution in [3.05, 3.63) is 29.8 Å². The number of likely N-dealkylation sites (N-methyl/N-ethyl adjacent to an activating group) is 1. The lowest BCUT2D eigenvalue weighted by molar-refractivity contribution is -0.130. The molecule has 0 bridgehead atoms. The molecule has 1 fully saturated rings. The fourth-order valence-electron chi connectivity index (χ4n) is 2.50. The molecule has 1 aromatic carbocycles. The molecular weight excluding hydrogens is 340 g/mol. The fourth-order valence-corrected chi connectivity index (χ4v) is 5.49. The molecule has 1 N–H and O–H groups in total. The lowest BCUT2D eigenvalue weighted by Crippen LogP contribution is -2.43. The maximum absolute atomic E-state index is 12.2. The van der Waals surface area contributed by atoms with Crippen LogP contribution in [0.15, 0.2) is 29.2 Å². The van der Waals surface area contributed by atoms with Crippen LogP contribution in [0.2, 0.25) is 0 Å².